The number of azo groups is 2. The normalized spacial score (nSPS) is 12.2. The summed E-state index contributed by atoms with van der Waals surface area (Å²) in [7, 11) is -6.25. The summed E-state index contributed by atoms with van der Waals surface area (Å²) in [6, 6.07) is 10.5. The number of rotatable bonds is 10. The van der Waals surface area contributed by atoms with E-state index in [2.05, 4.69) is 20.5 Å². The van der Waals surface area contributed by atoms with Gasteiger partial charge in [0.1, 0.15) is 33.4 Å². The summed E-state index contributed by atoms with van der Waals surface area (Å²) in [6.07, 6.45) is 0. The van der Waals surface area contributed by atoms with E-state index in [0.29, 0.717) is 0 Å². The lowest BCUT2D eigenvalue weighted by atomic mass is 10.2. The number of anilines is 2. The monoisotopic (exact) mass is 592 g/mol. The van der Waals surface area contributed by atoms with Gasteiger partial charge in [-0.2, -0.15) is 8.42 Å². The zero-order valence-corrected chi connectivity index (χ0v) is 22.7. The van der Waals surface area contributed by atoms with Crippen LogP contribution in [0.2, 0.25) is 0 Å². The fourth-order valence-electron chi connectivity index (χ4n) is 3.29. The Morgan fingerprint density at radius 1 is 0.875 bits per heavy atom. The van der Waals surface area contributed by atoms with E-state index in [9.17, 15) is 26.2 Å². The Bertz CT molecular complexity index is 1720. The smallest absolute Gasteiger partial charge is 0.340 e. The number of nitrogen functional groups attached to an aromatic ring is 2. The second kappa shape index (κ2) is 12.2. The first kappa shape index (κ1) is 30.1. The summed E-state index contributed by atoms with van der Waals surface area (Å²) in [6.45, 7) is -0.577. The highest BCUT2D eigenvalue weighted by molar-refractivity contribution is 7.91. The van der Waals surface area contributed by atoms with Crippen molar-refractivity contribution >= 4 is 60.0 Å². The summed E-state index contributed by atoms with van der Waals surface area (Å²) < 4.78 is 68.1. The van der Waals surface area contributed by atoms with E-state index >= 15 is 0 Å². The fraction of sp³-hybridized carbons (Fsp3) is 0.174. The molecule has 0 aliphatic rings. The van der Waals surface area contributed by atoms with Crippen LogP contribution in [0.15, 0.2) is 78.8 Å². The van der Waals surface area contributed by atoms with Crippen LogP contribution in [-0.4, -0.2) is 59.0 Å². The van der Waals surface area contributed by atoms with Gasteiger partial charge in [0.15, 0.2) is 9.84 Å². The van der Waals surface area contributed by atoms with E-state index in [0.717, 1.165) is 6.07 Å². The van der Waals surface area contributed by atoms with Crippen molar-refractivity contribution in [2.75, 3.05) is 38.0 Å². The molecule has 17 heteroatoms. The predicted molar refractivity (Wildman–Crippen MR) is 143 cm³/mol. The van der Waals surface area contributed by atoms with Crippen LogP contribution in [0.4, 0.5) is 34.1 Å². The number of carbonyl (C=O) groups is 1. The van der Waals surface area contributed by atoms with Gasteiger partial charge in [0.05, 0.1) is 48.4 Å². The van der Waals surface area contributed by atoms with Gasteiger partial charge in [0.25, 0.3) is 10.1 Å². The number of aliphatic hydroxyl groups is 1. The van der Waals surface area contributed by atoms with E-state index in [1.165, 1.54) is 44.6 Å². The first-order valence-electron chi connectivity index (χ1n) is 11.1. The maximum absolute atomic E-state index is 12.3. The van der Waals surface area contributed by atoms with Crippen LogP contribution >= 0.6 is 0 Å². The maximum Gasteiger partial charge on any atom is 0.340 e. The third-order valence-corrected chi connectivity index (χ3v) is 7.89. The molecule has 0 fully saturated rings. The van der Waals surface area contributed by atoms with Gasteiger partial charge >= 0.3 is 5.97 Å². The Kier molecular flexibility index (Phi) is 9.15. The summed E-state index contributed by atoms with van der Waals surface area (Å²) >= 11 is 0. The predicted octanol–water partition coefficient (Wildman–Crippen LogP) is 3.49. The molecule has 0 unspecified atom stereocenters. The molecule has 212 valence electrons. The highest BCUT2D eigenvalue weighted by atomic mass is 32.2. The van der Waals surface area contributed by atoms with Crippen LogP contribution in [0, 0.1) is 0 Å². The lowest BCUT2D eigenvalue weighted by Gasteiger charge is -2.11. The minimum absolute atomic E-state index is 0.00823. The summed E-state index contributed by atoms with van der Waals surface area (Å²) in [4.78, 5) is 11.1. The van der Waals surface area contributed by atoms with Crippen LogP contribution in [-0.2, 0) is 24.7 Å². The lowest BCUT2D eigenvalue weighted by Crippen LogP contribution is -2.10. The number of esters is 1. The standard InChI is InChI=1S/C23H24N6O9S2/c1-37-18-11-13(39(32,33)10-9-30)7-8-16(18)27-28-17-12-19(40(34,35)36)21(25)22(20(17)24)29-26-15-6-4-3-5-14(15)23(31)38-2/h3-8,11-12,30H,9-10,24-25H2,1-2H3,(H,34,35,36)/b28-27+,29-26+. The minimum Gasteiger partial charge on any atom is -0.494 e. The van der Waals surface area contributed by atoms with Crippen molar-refractivity contribution in [1.29, 1.82) is 0 Å². The van der Waals surface area contributed by atoms with E-state index in [4.69, 9.17) is 26.0 Å². The molecule has 3 aromatic carbocycles. The van der Waals surface area contributed by atoms with Gasteiger partial charge < -0.3 is 26.0 Å². The molecule has 0 bridgehead atoms. The zero-order chi connectivity index (χ0) is 29.7. The number of methoxy groups -OCH3 is 2. The van der Waals surface area contributed by atoms with E-state index in [1.807, 2.05) is 0 Å². The average Bonchev–Trinajstić information content (AvgIpc) is 2.91. The SMILES string of the molecule is COC(=O)c1ccccc1/N=N/c1c(N)c(/N=N/c2ccc(S(=O)(=O)CCO)cc2OC)cc(S(=O)(=O)O)c1N. The van der Waals surface area contributed by atoms with Crippen molar-refractivity contribution in [2.45, 2.75) is 9.79 Å². The molecule has 40 heavy (non-hydrogen) atoms. The second-order valence-electron chi connectivity index (χ2n) is 7.83. The Morgan fingerprint density at radius 3 is 2.15 bits per heavy atom. The third-order valence-electron chi connectivity index (χ3n) is 5.30. The van der Waals surface area contributed by atoms with Crippen molar-refractivity contribution in [3.8, 4) is 5.75 Å². The van der Waals surface area contributed by atoms with Gasteiger partial charge in [-0.3, -0.25) is 4.55 Å². The molecule has 0 atom stereocenters. The molecule has 0 aliphatic heterocycles. The topological polar surface area (TPSA) is 246 Å². The number of aliphatic hydroxyl groups excluding tert-OH is 1. The number of nitrogens with two attached hydrogens (primary N) is 2. The first-order chi connectivity index (χ1) is 18.8. The molecule has 6 N–H and O–H groups in total. The van der Waals surface area contributed by atoms with Crippen LogP contribution in [0.1, 0.15) is 10.4 Å². The van der Waals surface area contributed by atoms with Gasteiger partial charge in [-0.1, -0.05) is 12.1 Å². The van der Waals surface area contributed by atoms with Gasteiger partial charge in [-0.05, 0) is 30.3 Å². The van der Waals surface area contributed by atoms with Gasteiger partial charge in [0.2, 0.25) is 0 Å². The van der Waals surface area contributed by atoms with Crippen molar-refractivity contribution in [3.05, 3.63) is 54.1 Å². The molecule has 0 amide bonds. The molecule has 0 saturated carbocycles. The van der Waals surface area contributed by atoms with Crippen molar-refractivity contribution in [1.82, 2.24) is 0 Å². The number of hydrogen-bond donors (Lipinski definition) is 4. The highest BCUT2D eigenvalue weighted by Crippen LogP contribution is 2.43. The third kappa shape index (κ3) is 6.57. The van der Waals surface area contributed by atoms with Crippen molar-refractivity contribution in [2.24, 2.45) is 20.5 Å². The zero-order valence-electron chi connectivity index (χ0n) is 21.0. The fourth-order valence-corrected chi connectivity index (χ4v) is 4.97. The molecule has 3 rings (SSSR count). The van der Waals surface area contributed by atoms with Crippen LogP contribution in [0.5, 0.6) is 5.75 Å². The first-order valence-corrected chi connectivity index (χ1v) is 14.1. The van der Waals surface area contributed by atoms with Crippen LogP contribution < -0.4 is 16.2 Å². The van der Waals surface area contributed by atoms with Crippen LogP contribution in [0.3, 0.4) is 0 Å². The molecule has 0 radical (unpaired) electrons. The molecule has 0 saturated heterocycles. The summed E-state index contributed by atoms with van der Waals surface area (Å²) in [5.41, 5.74) is 10.7. The molecule has 0 spiro atoms. The molecule has 3 aromatic rings. The minimum atomic E-state index is -4.90. The number of sulfone groups is 1. The molecule has 0 aliphatic carbocycles. The molecular formula is C23H24N6O9S2. The highest BCUT2D eigenvalue weighted by Gasteiger charge is 2.23. The molecule has 0 aromatic heterocycles. The van der Waals surface area contributed by atoms with Gasteiger partial charge in [-0.15, -0.1) is 20.5 Å². The number of hydrogen-bond acceptors (Lipinski definition) is 14. The number of carbonyl (C=O) groups excluding carboxylic acids is 1. The number of benzene rings is 3. The number of ether oxygens (including phenoxy) is 2. The van der Waals surface area contributed by atoms with Gasteiger partial charge in [0, 0.05) is 6.07 Å². The Labute approximate surface area is 228 Å². The average molecular weight is 593 g/mol. The number of nitrogens with zero attached hydrogens (tertiary/aromatic N) is 4. The Hall–Kier alpha value is -4.45. The van der Waals surface area contributed by atoms with Crippen molar-refractivity contribution < 1.29 is 40.8 Å². The van der Waals surface area contributed by atoms with E-state index in [1.54, 1.807) is 12.1 Å². The Balaban J connectivity index is 2.14. The van der Waals surface area contributed by atoms with Crippen molar-refractivity contribution in [3.63, 3.8) is 0 Å². The summed E-state index contributed by atoms with van der Waals surface area (Å²) in [5.74, 6) is -1.22. The molecule has 0 heterocycles. The maximum atomic E-state index is 12.3. The lowest BCUT2D eigenvalue weighted by molar-refractivity contribution is 0.0601. The van der Waals surface area contributed by atoms with Crippen LogP contribution in [0.25, 0.3) is 0 Å². The van der Waals surface area contributed by atoms with Gasteiger partial charge in [-0.25, -0.2) is 13.2 Å². The van der Waals surface area contributed by atoms with E-state index < -0.39 is 48.9 Å². The largest absolute Gasteiger partial charge is 0.494 e. The summed E-state index contributed by atoms with van der Waals surface area (Å²) in [5, 5.41) is 24.7. The quantitative estimate of drug-likeness (QED) is 0.115. The molecular weight excluding hydrogens is 568 g/mol. The molecule has 15 nitrogen and oxygen atoms in total. The second-order valence-corrected chi connectivity index (χ2v) is 11.3. The Morgan fingerprint density at radius 2 is 1.52 bits per heavy atom. The van der Waals surface area contributed by atoms with E-state index in [-0.39, 0.29) is 44.6 Å².